The molecule has 0 aliphatic heterocycles. The lowest BCUT2D eigenvalue weighted by atomic mass is 10.9. The normalized spacial score (nSPS) is 10.7. The lowest BCUT2D eigenvalue weighted by Crippen LogP contribution is -2.07. The predicted molar refractivity (Wildman–Crippen MR) is 59.8 cm³/mol. The molecule has 18 heavy (non-hydrogen) atoms. The van der Waals surface area contributed by atoms with Crippen LogP contribution in [-0.4, -0.2) is 34.7 Å². The van der Waals surface area contributed by atoms with E-state index in [2.05, 4.69) is 30.0 Å². The molecule has 3 aromatic rings. The van der Waals surface area contributed by atoms with Crippen LogP contribution in [0.2, 0.25) is 0 Å². The van der Waals surface area contributed by atoms with Crippen molar-refractivity contribution in [3.05, 3.63) is 25.1 Å². The summed E-state index contributed by atoms with van der Waals surface area (Å²) < 4.78 is 6.47. The highest BCUT2D eigenvalue weighted by atomic mass is 32.2. The molecule has 0 aliphatic rings. The average molecular weight is 262 g/mol. The molecule has 0 spiro atoms. The van der Waals surface area contributed by atoms with E-state index in [1.165, 1.54) is 29.8 Å². The fraction of sp³-hybridized carbons (Fsp3) is 0. The van der Waals surface area contributed by atoms with E-state index in [1.54, 1.807) is 0 Å². The third-order valence-electron chi connectivity index (χ3n) is 1.83. The predicted octanol–water partition coefficient (Wildman–Crippen LogP) is 0.174. The standard InChI is InChI=1S/C8H6N8OS/c9-5-13-6(16-4-10-3-12-16)15-7(14-5)18-8-11-1-2-17-8/h1-4H,(H2,9,13,14,15). The number of nitrogen functional groups attached to an aromatic ring is 1. The maximum Gasteiger partial charge on any atom is 0.263 e. The number of nitrogens with two attached hydrogens (primary N) is 1. The van der Waals surface area contributed by atoms with Gasteiger partial charge in [0.1, 0.15) is 18.9 Å². The van der Waals surface area contributed by atoms with Gasteiger partial charge >= 0.3 is 0 Å². The molecule has 90 valence electrons. The second-order valence-corrected chi connectivity index (χ2v) is 3.93. The van der Waals surface area contributed by atoms with Gasteiger partial charge in [-0.25, -0.2) is 9.97 Å². The highest BCUT2D eigenvalue weighted by molar-refractivity contribution is 7.98. The van der Waals surface area contributed by atoms with Crippen molar-refractivity contribution < 1.29 is 4.42 Å². The Morgan fingerprint density at radius 2 is 2.22 bits per heavy atom. The van der Waals surface area contributed by atoms with Crippen molar-refractivity contribution in [2.24, 2.45) is 0 Å². The maximum atomic E-state index is 5.61. The largest absolute Gasteiger partial charge is 0.440 e. The molecule has 0 radical (unpaired) electrons. The van der Waals surface area contributed by atoms with Crippen LogP contribution in [0.15, 0.2) is 39.9 Å². The van der Waals surface area contributed by atoms with E-state index in [4.69, 9.17) is 10.2 Å². The Morgan fingerprint density at radius 1 is 1.28 bits per heavy atom. The van der Waals surface area contributed by atoms with Gasteiger partial charge in [0.15, 0.2) is 0 Å². The Balaban J connectivity index is 1.96. The molecule has 10 heteroatoms. The van der Waals surface area contributed by atoms with Gasteiger partial charge in [-0.3, -0.25) is 0 Å². The molecule has 3 aromatic heterocycles. The Kier molecular flexibility index (Phi) is 2.61. The first-order valence-corrected chi connectivity index (χ1v) is 5.57. The van der Waals surface area contributed by atoms with E-state index in [0.29, 0.717) is 10.4 Å². The third kappa shape index (κ3) is 2.13. The number of aromatic nitrogens is 7. The summed E-state index contributed by atoms with van der Waals surface area (Å²) in [6, 6.07) is 0. The van der Waals surface area contributed by atoms with Crippen LogP contribution in [0, 0.1) is 0 Å². The molecule has 3 heterocycles. The first-order valence-electron chi connectivity index (χ1n) is 4.75. The van der Waals surface area contributed by atoms with Crippen LogP contribution in [0.4, 0.5) is 5.95 Å². The molecule has 3 rings (SSSR count). The van der Waals surface area contributed by atoms with Crippen molar-refractivity contribution in [2.75, 3.05) is 5.73 Å². The zero-order valence-electron chi connectivity index (χ0n) is 8.83. The summed E-state index contributed by atoms with van der Waals surface area (Å²) in [4.78, 5) is 19.9. The van der Waals surface area contributed by atoms with Crippen LogP contribution in [0.3, 0.4) is 0 Å². The van der Waals surface area contributed by atoms with Crippen LogP contribution in [-0.2, 0) is 0 Å². The molecule has 0 saturated carbocycles. The maximum absolute atomic E-state index is 5.61. The summed E-state index contributed by atoms with van der Waals surface area (Å²) in [5.41, 5.74) is 5.61. The first-order chi connectivity index (χ1) is 8.81. The van der Waals surface area contributed by atoms with Crippen molar-refractivity contribution in [3.8, 4) is 5.95 Å². The van der Waals surface area contributed by atoms with Crippen LogP contribution in [0.5, 0.6) is 0 Å². The number of rotatable bonds is 3. The van der Waals surface area contributed by atoms with Crippen molar-refractivity contribution in [2.45, 2.75) is 10.4 Å². The van der Waals surface area contributed by atoms with Crippen molar-refractivity contribution in [1.29, 1.82) is 0 Å². The minimum Gasteiger partial charge on any atom is -0.440 e. The van der Waals surface area contributed by atoms with Gasteiger partial charge in [-0.2, -0.15) is 24.7 Å². The average Bonchev–Trinajstić information content (AvgIpc) is 3.00. The molecule has 0 atom stereocenters. The number of nitrogens with zero attached hydrogens (tertiary/aromatic N) is 7. The molecular formula is C8H6N8OS. The highest BCUT2D eigenvalue weighted by Gasteiger charge is 2.10. The summed E-state index contributed by atoms with van der Waals surface area (Å²) in [6.07, 6.45) is 5.84. The minimum atomic E-state index is 0.0876. The van der Waals surface area contributed by atoms with Gasteiger partial charge < -0.3 is 10.2 Å². The van der Waals surface area contributed by atoms with E-state index in [1.807, 2.05) is 0 Å². The SMILES string of the molecule is Nc1nc(Sc2ncco2)nc(-n2cncn2)n1. The molecule has 0 fully saturated rings. The van der Waals surface area contributed by atoms with E-state index in [-0.39, 0.29) is 11.9 Å². The minimum absolute atomic E-state index is 0.0876. The molecule has 0 aromatic carbocycles. The van der Waals surface area contributed by atoms with Crippen molar-refractivity contribution >= 4 is 17.7 Å². The van der Waals surface area contributed by atoms with Gasteiger partial charge in [0.25, 0.3) is 11.2 Å². The zero-order valence-corrected chi connectivity index (χ0v) is 9.65. The second kappa shape index (κ2) is 4.41. The molecule has 2 N–H and O–H groups in total. The molecule has 0 amide bonds. The lowest BCUT2D eigenvalue weighted by molar-refractivity contribution is 0.453. The lowest BCUT2D eigenvalue weighted by Gasteiger charge is -2.01. The Hall–Kier alpha value is -2.49. The van der Waals surface area contributed by atoms with Crippen molar-refractivity contribution in [3.63, 3.8) is 0 Å². The topological polar surface area (TPSA) is 121 Å². The molecule has 0 bridgehead atoms. The first kappa shape index (κ1) is 10.7. The summed E-state index contributed by atoms with van der Waals surface area (Å²) in [6.45, 7) is 0. The molecule has 9 nitrogen and oxygen atoms in total. The number of hydrogen-bond acceptors (Lipinski definition) is 9. The quantitative estimate of drug-likeness (QED) is 0.703. The summed E-state index contributed by atoms with van der Waals surface area (Å²) >= 11 is 1.14. The van der Waals surface area contributed by atoms with E-state index in [0.717, 1.165) is 11.8 Å². The summed E-state index contributed by atoms with van der Waals surface area (Å²) in [5, 5.41) is 4.71. The molecule has 0 aliphatic carbocycles. The summed E-state index contributed by atoms with van der Waals surface area (Å²) in [5.74, 6) is 0.374. The Morgan fingerprint density at radius 3 is 2.94 bits per heavy atom. The Bertz CT molecular complexity index is 637. The monoisotopic (exact) mass is 262 g/mol. The van der Waals surface area contributed by atoms with Gasteiger partial charge in [0, 0.05) is 11.8 Å². The van der Waals surface area contributed by atoms with Gasteiger partial charge in [-0.05, 0) is 0 Å². The summed E-state index contributed by atoms with van der Waals surface area (Å²) in [7, 11) is 0. The fourth-order valence-corrected chi connectivity index (χ4v) is 1.80. The van der Waals surface area contributed by atoms with E-state index >= 15 is 0 Å². The van der Waals surface area contributed by atoms with Crippen LogP contribution in [0.25, 0.3) is 5.95 Å². The number of anilines is 1. The van der Waals surface area contributed by atoms with Gasteiger partial charge in [0.05, 0.1) is 6.20 Å². The smallest absolute Gasteiger partial charge is 0.263 e. The second-order valence-electron chi connectivity index (χ2n) is 3.02. The van der Waals surface area contributed by atoms with Gasteiger partial charge in [-0.1, -0.05) is 0 Å². The molecular weight excluding hydrogens is 256 g/mol. The zero-order chi connectivity index (χ0) is 12.4. The van der Waals surface area contributed by atoms with E-state index in [9.17, 15) is 0 Å². The molecule has 0 saturated heterocycles. The van der Waals surface area contributed by atoms with E-state index < -0.39 is 0 Å². The van der Waals surface area contributed by atoms with Gasteiger partial charge in [-0.15, -0.1) is 0 Å². The highest BCUT2D eigenvalue weighted by Crippen LogP contribution is 2.23. The molecule has 0 unspecified atom stereocenters. The fourth-order valence-electron chi connectivity index (χ4n) is 1.16. The Labute approximate surface area is 105 Å². The third-order valence-corrected chi connectivity index (χ3v) is 2.57. The van der Waals surface area contributed by atoms with Crippen LogP contribution < -0.4 is 5.73 Å². The number of hydrogen-bond donors (Lipinski definition) is 1. The van der Waals surface area contributed by atoms with Gasteiger partial charge in [0.2, 0.25) is 11.1 Å². The van der Waals surface area contributed by atoms with Crippen LogP contribution in [0.1, 0.15) is 0 Å². The van der Waals surface area contributed by atoms with Crippen LogP contribution >= 0.6 is 11.8 Å². The van der Waals surface area contributed by atoms with Crippen molar-refractivity contribution in [1.82, 2.24) is 34.7 Å². The number of oxazole rings is 1.